The molecular weight excluding hydrogens is 338 g/mol. The summed E-state index contributed by atoms with van der Waals surface area (Å²) in [5.41, 5.74) is 1.27. The van der Waals surface area contributed by atoms with Crippen molar-refractivity contribution in [3.8, 4) is 11.5 Å². The van der Waals surface area contributed by atoms with Crippen molar-refractivity contribution < 1.29 is 23.9 Å². The van der Waals surface area contributed by atoms with Crippen LogP contribution in [0.15, 0.2) is 42.5 Å². The number of hydrogen-bond acceptors (Lipinski definition) is 5. The monoisotopic (exact) mass is 357 g/mol. The third-order valence-corrected chi connectivity index (χ3v) is 3.29. The van der Waals surface area contributed by atoms with Crippen molar-refractivity contribution in [2.24, 2.45) is 0 Å². The van der Waals surface area contributed by atoms with Crippen LogP contribution >= 0.6 is 0 Å². The van der Waals surface area contributed by atoms with Crippen molar-refractivity contribution in [2.75, 3.05) is 30.2 Å². The van der Waals surface area contributed by atoms with E-state index >= 15 is 0 Å². The van der Waals surface area contributed by atoms with Crippen LogP contribution in [0.3, 0.4) is 0 Å². The summed E-state index contributed by atoms with van der Waals surface area (Å²) in [6.45, 7) is 1.38. The maximum Gasteiger partial charge on any atom is 0.314 e. The lowest BCUT2D eigenvalue weighted by Gasteiger charge is -2.11. The van der Waals surface area contributed by atoms with Crippen LogP contribution in [0.1, 0.15) is 6.92 Å². The quantitative estimate of drug-likeness (QED) is 0.712. The lowest BCUT2D eigenvalue weighted by molar-refractivity contribution is -0.132. The molecule has 0 bridgehead atoms. The Morgan fingerprint density at radius 1 is 0.731 bits per heavy atom. The zero-order valence-electron chi connectivity index (χ0n) is 14.6. The van der Waals surface area contributed by atoms with Crippen LogP contribution in [0, 0.1) is 0 Å². The topological polar surface area (TPSA) is 106 Å². The van der Waals surface area contributed by atoms with Crippen LogP contribution in [0.5, 0.6) is 11.5 Å². The second kappa shape index (κ2) is 8.52. The highest BCUT2D eigenvalue weighted by molar-refractivity contribution is 6.43. The van der Waals surface area contributed by atoms with Gasteiger partial charge in [0.1, 0.15) is 0 Å². The smallest absolute Gasteiger partial charge is 0.314 e. The normalized spacial score (nSPS) is 9.81. The van der Waals surface area contributed by atoms with Crippen molar-refractivity contribution in [3.63, 3.8) is 0 Å². The summed E-state index contributed by atoms with van der Waals surface area (Å²) in [6.07, 6.45) is 0. The zero-order chi connectivity index (χ0) is 19.1. The molecule has 0 atom stereocenters. The minimum atomic E-state index is -0.847. The molecule has 26 heavy (non-hydrogen) atoms. The van der Waals surface area contributed by atoms with Crippen molar-refractivity contribution in [3.05, 3.63) is 42.5 Å². The molecule has 8 heteroatoms. The molecule has 0 saturated carbocycles. The Bertz CT molecular complexity index is 835. The molecule has 0 aliphatic carbocycles. The average Bonchev–Trinajstić information content (AvgIpc) is 2.61. The summed E-state index contributed by atoms with van der Waals surface area (Å²) >= 11 is 0. The first-order valence-corrected chi connectivity index (χ1v) is 7.65. The first-order valence-electron chi connectivity index (χ1n) is 7.65. The Morgan fingerprint density at radius 2 is 1.27 bits per heavy atom. The van der Waals surface area contributed by atoms with E-state index in [9.17, 15) is 14.4 Å². The van der Waals surface area contributed by atoms with Gasteiger partial charge in [0.05, 0.1) is 14.2 Å². The van der Waals surface area contributed by atoms with Gasteiger partial charge >= 0.3 is 11.8 Å². The van der Waals surface area contributed by atoms with Crippen LogP contribution in [0.4, 0.5) is 17.1 Å². The first kappa shape index (κ1) is 18.8. The van der Waals surface area contributed by atoms with Gasteiger partial charge in [0.15, 0.2) is 11.5 Å². The number of rotatable bonds is 5. The molecule has 0 aromatic heterocycles. The van der Waals surface area contributed by atoms with Gasteiger partial charge in [-0.05, 0) is 30.3 Å². The highest BCUT2D eigenvalue weighted by Crippen LogP contribution is 2.29. The van der Waals surface area contributed by atoms with Gasteiger partial charge in [-0.15, -0.1) is 0 Å². The Hall–Kier alpha value is -3.55. The van der Waals surface area contributed by atoms with E-state index in [2.05, 4.69) is 16.0 Å². The van der Waals surface area contributed by atoms with Crippen molar-refractivity contribution in [1.82, 2.24) is 0 Å². The SMILES string of the molecule is COc1ccc(NC(=O)C(=O)Nc2cccc(NC(C)=O)c2)cc1OC. The number of benzene rings is 2. The van der Waals surface area contributed by atoms with Crippen LogP contribution in [-0.2, 0) is 14.4 Å². The van der Waals surface area contributed by atoms with Gasteiger partial charge < -0.3 is 25.4 Å². The van der Waals surface area contributed by atoms with E-state index in [1.54, 1.807) is 42.5 Å². The largest absolute Gasteiger partial charge is 0.493 e. The molecule has 8 nitrogen and oxygen atoms in total. The number of carbonyl (C=O) groups is 3. The molecule has 0 fully saturated rings. The molecule has 0 unspecified atom stereocenters. The Morgan fingerprint density at radius 3 is 1.81 bits per heavy atom. The van der Waals surface area contributed by atoms with E-state index in [-0.39, 0.29) is 5.91 Å². The molecule has 2 rings (SSSR count). The Labute approximate surface area is 150 Å². The number of carbonyl (C=O) groups excluding carboxylic acids is 3. The van der Waals surface area contributed by atoms with Crippen molar-refractivity contribution in [2.45, 2.75) is 6.92 Å². The summed E-state index contributed by atoms with van der Waals surface area (Å²) in [6, 6.07) is 11.2. The predicted octanol–water partition coefficient (Wildman–Crippen LogP) is 2.24. The van der Waals surface area contributed by atoms with Crippen LogP contribution in [0.25, 0.3) is 0 Å². The van der Waals surface area contributed by atoms with Crippen LogP contribution in [0.2, 0.25) is 0 Å². The summed E-state index contributed by atoms with van der Waals surface area (Å²) in [7, 11) is 2.97. The molecule has 0 spiro atoms. The number of ether oxygens (including phenoxy) is 2. The average molecular weight is 357 g/mol. The van der Waals surface area contributed by atoms with Gasteiger partial charge in [-0.25, -0.2) is 0 Å². The maximum atomic E-state index is 12.1. The van der Waals surface area contributed by atoms with E-state index in [0.29, 0.717) is 28.6 Å². The molecule has 2 aromatic rings. The summed E-state index contributed by atoms with van der Waals surface area (Å²) in [5.74, 6) is -1.000. The van der Waals surface area contributed by atoms with Gasteiger partial charge in [0, 0.05) is 30.1 Å². The second-order valence-corrected chi connectivity index (χ2v) is 5.24. The van der Waals surface area contributed by atoms with Crippen molar-refractivity contribution in [1.29, 1.82) is 0 Å². The van der Waals surface area contributed by atoms with E-state index in [0.717, 1.165) is 0 Å². The maximum absolute atomic E-state index is 12.1. The lowest BCUT2D eigenvalue weighted by Crippen LogP contribution is -2.29. The molecule has 0 aliphatic heterocycles. The number of anilines is 3. The van der Waals surface area contributed by atoms with E-state index in [4.69, 9.17) is 9.47 Å². The fourth-order valence-corrected chi connectivity index (χ4v) is 2.17. The Kier molecular flexibility index (Phi) is 6.15. The first-order chi connectivity index (χ1) is 12.4. The van der Waals surface area contributed by atoms with Crippen LogP contribution in [-0.4, -0.2) is 31.9 Å². The highest BCUT2D eigenvalue weighted by atomic mass is 16.5. The number of nitrogens with one attached hydrogen (secondary N) is 3. The zero-order valence-corrected chi connectivity index (χ0v) is 14.6. The number of hydrogen-bond donors (Lipinski definition) is 3. The highest BCUT2D eigenvalue weighted by Gasteiger charge is 2.15. The fraction of sp³-hybridized carbons (Fsp3) is 0.167. The summed E-state index contributed by atoms with van der Waals surface area (Å²) in [4.78, 5) is 35.2. The predicted molar refractivity (Wildman–Crippen MR) is 97.6 cm³/mol. The molecule has 136 valence electrons. The van der Waals surface area contributed by atoms with Gasteiger partial charge in [0.2, 0.25) is 5.91 Å². The third kappa shape index (κ3) is 4.97. The molecule has 3 amide bonds. The van der Waals surface area contributed by atoms with Crippen LogP contribution < -0.4 is 25.4 Å². The second-order valence-electron chi connectivity index (χ2n) is 5.24. The summed E-state index contributed by atoms with van der Waals surface area (Å²) in [5, 5.41) is 7.54. The van der Waals surface area contributed by atoms with Gasteiger partial charge in [-0.1, -0.05) is 6.07 Å². The molecule has 0 aliphatic rings. The molecule has 0 saturated heterocycles. The van der Waals surface area contributed by atoms with Crippen molar-refractivity contribution >= 4 is 34.8 Å². The lowest BCUT2D eigenvalue weighted by atomic mass is 10.2. The summed E-state index contributed by atoms with van der Waals surface area (Å²) < 4.78 is 10.3. The van der Waals surface area contributed by atoms with Gasteiger partial charge in [0.25, 0.3) is 0 Å². The van der Waals surface area contributed by atoms with Gasteiger partial charge in [-0.3, -0.25) is 14.4 Å². The number of methoxy groups -OCH3 is 2. The van der Waals surface area contributed by atoms with E-state index in [1.807, 2.05) is 0 Å². The molecule has 3 N–H and O–H groups in total. The van der Waals surface area contributed by atoms with E-state index < -0.39 is 11.8 Å². The Balaban J connectivity index is 2.04. The fourth-order valence-electron chi connectivity index (χ4n) is 2.17. The minimum Gasteiger partial charge on any atom is -0.493 e. The van der Waals surface area contributed by atoms with Gasteiger partial charge in [-0.2, -0.15) is 0 Å². The molecule has 2 aromatic carbocycles. The minimum absolute atomic E-state index is 0.236. The third-order valence-electron chi connectivity index (χ3n) is 3.29. The number of amides is 3. The molecular formula is C18H19N3O5. The molecule has 0 radical (unpaired) electrons. The standard InChI is InChI=1S/C18H19N3O5/c1-11(22)19-12-5-4-6-13(9-12)20-17(23)18(24)21-14-7-8-15(25-2)16(10-14)26-3/h4-10H,1-3H3,(H,19,22)(H,20,23)(H,21,24). The molecule has 0 heterocycles. The van der Waals surface area contributed by atoms with E-state index in [1.165, 1.54) is 21.1 Å².